The summed E-state index contributed by atoms with van der Waals surface area (Å²) < 4.78 is 19.6. The molecule has 3 unspecified atom stereocenters. The monoisotopic (exact) mass is 717 g/mol. The number of rotatable bonds is 8. The lowest BCUT2D eigenvalue weighted by atomic mass is 9.33. The van der Waals surface area contributed by atoms with E-state index in [9.17, 15) is 28.7 Å². The molecule has 5 aliphatic carbocycles. The number of carbonyl (C=O) groups excluding carboxylic acids is 3. The zero-order valence-electron chi connectivity index (χ0n) is 32.8. The molecule has 2 N–H and O–H groups in total. The summed E-state index contributed by atoms with van der Waals surface area (Å²) in [5.41, 5.74) is 0.891. The van der Waals surface area contributed by atoms with Crippen LogP contribution in [0.15, 0.2) is 47.6 Å². The fraction of sp³-hybridized carbons (Fsp3) is 0.682. The molecule has 0 spiro atoms. The largest absolute Gasteiger partial charge is 0.481 e. The van der Waals surface area contributed by atoms with Gasteiger partial charge in [-0.1, -0.05) is 54.5 Å². The molecule has 1 aromatic rings. The summed E-state index contributed by atoms with van der Waals surface area (Å²) >= 11 is 0. The van der Waals surface area contributed by atoms with Gasteiger partial charge >= 0.3 is 11.9 Å². The molecule has 0 bridgehead atoms. The molecule has 5 aliphatic rings. The first-order chi connectivity index (χ1) is 24.1. The molecule has 7 nitrogen and oxygen atoms in total. The molecule has 0 aromatic heterocycles. The fourth-order valence-corrected chi connectivity index (χ4v) is 12.6. The minimum atomic E-state index is -1.18. The molecule has 4 fully saturated rings. The third-order valence-corrected chi connectivity index (χ3v) is 15.5. The van der Waals surface area contributed by atoms with Gasteiger partial charge in [0.25, 0.3) is 0 Å². The molecule has 0 saturated heterocycles. The highest BCUT2D eigenvalue weighted by Gasteiger charge is 2.70. The number of ketones is 1. The number of aliphatic carboxylic acids is 1. The van der Waals surface area contributed by atoms with Crippen LogP contribution in [0.4, 0.5) is 10.1 Å². The van der Waals surface area contributed by atoms with Crippen molar-refractivity contribution < 1.29 is 33.4 Å². The number of carbonyl (C=O) groups is 4. The molecule has 8 atom stereocenters. The number of amides is 1. The number of carboxylic acids is 1. The molecule has 1 aromatic carbocycles. The number of ether oxygens (including phenoxy) is 1. The second kappa shape index (κ2) is 12.9. The Morgan fingerprint density at radius 1 is 0.942 bits per heavy atom. The predicted molar refractivity (Wildman–Crippen MR) is 200 cm³/mol. The van der Waals surface area contributed by atoms with E-state index in [1.807, 2.05) is 6.08 Å². The van der Waals surface area contributed by atoms with E-state index >= 15 is 0 Å². The Balaban J connectivity index is 1.28. The van der Waals surface area contributed by atoms with Gasteiger partial charge < -0.3 is 15.2 Å². The summed E-state index contributed by atoms with van der Waals surface area (Å²) in [6.45, 7) is 19.4. The number of carboxylic acid groups (broad SMARTS) is 1. The van der Waals surface area contributed by atoms with Gasteiger partial charge in [-0.05, 0) is 141 Å². The number of allylic oxidation sites excluding steroid dienone is 3. The maximum Gasteiger partial charge on any atom is 0.309 e. The number of halogens is 1. The van der Waals surface area contributed by atoms with Gasteiger partial charge in [-0.3, -0.25) is 19.2 Å². The van der Waals surface area contributed by atoms with Gasteiger partial charge in [0, 0.05) is 29.0 Å². The van der Waals surface area contributed by atoms with Crippen molar-refractivity contribution >= 4 is 29.3 Å². The first kappa shape index (κ1) is 38.4. The Kier molecular flexibility index (Phi) is 9.56. The zero-order chi connectivity index (χ0) is 38.2. The Morgan fingerprint density at radius 2 is 1.62 bits per heavy atom. The van der Waals surface area contributed by atoms with E-state index in [-0.39, 0.29) is 63.5 Å². The molecule has 1 amide bonds. The smallest absolute Gasteiger partial charge is 0.309 e. The molecule has 4 saturated carbocycles. The van der Waals surface area contributed by atoms with E-state index < -0.39 is 22.8 Å². The first-order valence-corrected chi connectivity index (χ1v) is 19.6. The Labute approximate surface area is 309 Å². The topological polar surface area (TPSA) is 110 Å². The Morgan fingerprint density at radius 3 is 2.25 bits per heavy atom. The van der Waals surface area contributed by atoms with Crippen LogP contribution in [0.5, 0.6) is 0 Å². The molecule has 6 rings (SSSR count). The van der Waals surface area contributed by atoms with Crippen LogP contribution in [0.3, 0.4) is 0 Å². The zero-order valence-corrected chi connectivity index (χ0v) is 32.8. The van der Waals surface area contributed by atoms with Gasteiger partial charge in [0.1, 0.15) is 11.9 Å². The number of hydrogen-bond donors (Lipinski definition) is 2. The second-order valence-electron chi connectivity index (χ2n) is 19.4. The third-order valence-electron chi connectivity index (χ3n) is 15.5. The number of nitrogens with one attached hydrogen (secondary N) is 1. The molecule has 8 heteroatoms. The van der Waals surface area contributed by atoms with E-state index in [0.717, 1.165) is 56.9 Å². The normalized spacial score (nSPS) is 36.9. The SMILES string of the molecule is CC(C)C1=C2[C@H]3CC[C@H]4C(C)(CCC5C(C)(C)C(OC(=O)CC(C)(C)C(=O)O)CC[C@@]54C)[C@]3(C)CC[C@@]2(/C=C/C(=O)Nc2ccc(F)cc2)CC1=O. The van der Waals surface area contributed by atoms with Crippen LogP contribution in [0.1, 0.15) is 127 Å². The van der Waals surface area contributed by atoms with Crippen LogP contribution >= 0.6 is 0 Å². The molecular formula is C44H60FNO6. The standard InChI is InChI=1S/C44H60FNO6/c1-26(2)36-30(47)24-44(21-18-34(48)46-28-12-10-27(45)11-13-28)23-22-42(8)29(37(36)44)14-15-32-41(7)19-17-33(52-35(49)25-39(3,4)38(50)51)40(5,6)31(41)16-20-43(32,42)9/h10-13,18,21,26,29,31-33H,14-17,19-20,22-25H2,1-9H3,(H,46,48)(H,50,51)/b21-18+/t29-,31?,32-,33?,41+,42-,43?,44+/m1/s1. The maximum atomic E-state index is 13.9. The maximum absolute atomic E-state index is 13.9. The Hall–Kier alpha value is -3.29. The van der Waals surface area contributed by atoms with Crippen molar-refractivity contribution in [2.75, 3.05) is 5.32 Å². The van der Waals surface area contributed by atoms with Gasteiger partial charge in [0.05, 0.1) is 11.8 Å². The van der Waals surface area contributed by atoms with Crippen molar-refractivity contribution in [3.8, 4) is 0 Å². The van der Waals surface area contributed by atoms with Crippen LogP contribution in [0.25, 0.3) is 0 Å². The van der Waals surface area contributed by atoms with Crippen molar-refractivity contribution in [3.05, 3.63) is 53.4 Å². The van der Waals surface area contributed by atoms with Crippen LogP contribution < -0.4 is 5.32 Å². The third kappa shape index (κ3) is 5.98. The summed E-state index contributed by atoms with van der Waals surface area (Å²) in [5, 5.41) is 12.5. The van der Waals surface area contributed by atoms with Crippen molar-refractivity contribution in [1.29, 1.82) is 0 Å². The number of benzene rings is 1. The summed E-state index contributed by atoms with van der Waals surface area (Å²) in [4.78, 5) is 51.9. The second-order valence-corrected chi connectivity index (χ2v) is 19.4. The van der Waals surface area contributed by atoms with Gasteiger partial charge in [-0.25, -0.2) is 4.39 Å². The molecule has 0 aliphatic heterocycles. The van der Waals surface area contributed by atoms with Crippen LogP contribution in [0, 0.1) is 62.0 Å². The van der Waals surface area contributed by atoms with Crippen molar-refractivity contribution in [1.82, 2.24) is 0 Å². The predicted octanol–water partition coefficient (Wildman–Crippen LogP) is 9.71. The minimum Gasteiger partial charge on any atom is -0.481 e. The molecular weight excluding hydrogens is 657 g/mol. The summed E-state index contributed by atoms with van der Waals surface area (Å²) in [7, 11) is 0. The van der Waals surface area contributed by atoms with Gasteiger partial charge in [0.15, 0.2) is 5.78 Å². The van der Waals surface area contributed by atoms with E-state index in [1.54, 1.807) is 32.1 Å². The van der Waals surface area contributed by atoms with Crippen molar-refractivity contribution in [2.24, 2.45) is 56.2 Å². The molecule has 0 radical (unpaired) electrons. The highest BCUT2D eigenvalue weighted by Crippen LogP contribution is 2.77. The van der Waals surface area contributed by atoms with E-state index in [1.165, 1.54) is 17.7 Å². The fourth-order valence-electron chi connectivity index (χ4n) is 12.6. The van der Waals surface area contributed by atoms with Crippen LogP contribution in [0.2, 0.25) is 0 Å². The van der Waals surface area contributed by atoms with Crippen LogP contribution in [-0.2, 0) is 23.9 Å². The average molecular weight is 718 g/mol. The number of hydrogen-bond acceptors (Lipinski definition) is 5. The highest BCUT2D eigenvalue weighted by molar-refractivity contribution is 6.02. The number of anilines is 1. The summed E-state index contributed by atoms with van der Waals surface area (Å²) in [6, 6.07) is 5.74. The van der Waals surface area contributed by atoms with E-state index in [4.69, 9.17) is 4.74 Å². The summed E-state index contributed by atoms with van der Waals surface area (Å²) in [5.74, 6) is -0.732. The lowest BCUT2D eigenvalue weighted by Crippen LogP contribution is -2.65. The number of esters is 1. The minimum absolute atomic E-state index is 0.0306. The van der Waals surface area contributed by atoms with Gasteiger partial charge in [-0.15, -0.1) is 0 Å². The molecule has 0 heterocycles. The lowest BCUT2D eigenvalue weighted by Gasteiger charge is -2.72. The summed E-state index contributed by atoms with van der Waals surface area (Å²) in [6.07, 6.45) is 11.3. The first-order valence-electron chi connectivity index (χ1n) is 19.6. The highest BCUT2D eigenvalue weighted by atomic mass is 19.1. The average Bonchev–Trinajstić information content (AvgIpc) is 3.35. The van der Waals surface area contributed by atoms with Gasteiger partial charge in [0.2, 0.25) is 5.91 Å². The Bertz CT molecular complexity index is 1710. The molecule has 284 valence electrons. The lowest BCUT2D eigenvalue weighted by molar-refractivity contribution is -0.232. The molecule has 52 heavy (non-hydrogen) atoms. The van der Waals surface area contributed by atoms with Crippen molar-refractivity contribution in [2.45, 2.75) is 133 Å². The number of fused-ring (bicyclic) bond motifs is 7. The van der Waals surface area contributed by atoms with Gasteiger partial charge in [-0.2, -0.15) is 0 Å². The van der Waals surface area contributed by atoms with Crippen molar-refractivity contribution in [3.63, 3.8) is 0 Å². The van der Waals surface area contributed by atoms with E-state index in [2.05, 4.69) is 53.8 Å². The quantitative estimate of drug-likeness (QED) is 0.205. The number of Topliss-reactive ketones (excluding diaryl/α,β-unsaturated/α-hetero) is 1. The van der Waals surface area contributed by atoms with E-state index in [0.29, 0.717) is 23.9 Å². The van der Waals surface area contributed by atoms with Crippen LogP contribution in [-0.4, -0.2) is 34.8 Å².